The van der Waals surface area contributed by atoms with E-state index in [0.717, 1.165) is 5.56 Å². The lowest BCUT2D eigenvalue weighted by atomic mass is 10.1. The summed E-state index contributed by atoms with van der Waals surface area (Å²) in [5, 5.41) is 11.2. The molecule has 0 spiro atoms. The van der Waals surface area contributed by atoms with Crippen molar-refractivity contribution in [3.05, 3.63) is 59.9 Å². The second kappa shape index (κ2) is 8.71. The van der Waals surface area contributed by atoms with E-state index < -0.39 is 30.0 Å². The predicted octanol–water partition coefficient (Wildman–Crippen LogP) is 2.79. The van der Waals surface area contributed by atoms with Gasteiger partial charge in [0.15, 0.2) is 0 Å². The molecule has 3 rings (SSSR count). The summed E-state index contributed by atoms with van der Waals surface area (Å²) in [5.41, 5.74) is 1.23. The summed E-state index contributed by atoms with van der Waals surface area (Å²) in [6.45, 7) is 2.25. The first-order chi connectivity index (χ1) is 13.5. The van der Waals surface area contributed by atoms with Crippen LogP contribution in [0.3, 0.4) is 0 Å². The molecular formula is C20H21FN2O5. The molecule has 2 N–H and O–H groups in total. The van der Waals surface area contributed by atoms with E-state index >= 15 is 0 Å². The number of ether oxygens (including phenoxy) is 2. The maximum atomic E-state index is 13.8. The molecule has 7 nitrogen and oxygen atoms in total. The SMILES string of the molecule is C[C@H]1Oc2ccc(F)cc2N(CCOCc2ccccc2)C(=O)[C@H]1NC(=O)O. The van der Waals surface area contributed by atoms with Crippen molar-refractivity contribution >= 4 is 17.7 Å². The number of halogens is 1. The van der Waals surface area contributed by atoms with Gasteiger partial charge < -0.3 is 24.8 Å². The molecule has 0 saturated heterocycles. The van der Waals surface area contributed by atoms with Crippen LogP contribution in [0.15, 0.2) is 48.5 Å². The van der Waals surface area contributed by atoms with Crippen LogP contribution in [-0.2, 0) is 16.1 Å². The molecule has 0 unspecified atom stereocenters. The zero-order valence-corrected chi connectivity index (χ0v) is 15.3. The fourth-order valence-corrected chi connectivity index (χ4v) is 3.02. The molecule has 2 amide bonds. The maximum absolute atomic E-state index is 13.8. The van der Waals surface area contributed by atoms with Gasteiger partial charge in [-0.3, -0.25) is 4.79 Å². The normalized spacial score (nSPS) is 18.8. The van der Waals surface area contributed by atoms with Crippen molar-refractivity contribution in [2.45, 2.75) is 25.7 Å². The molecule has 0 radical (unpaired) electrons. The molecule has 28 heavy (non-hydrogen) atoms. The summed E-state index contributed by atoms with van der Waals surface area (Å²) in [7, 11) is 0. The minimum absolute atomic E-state index is 0.121. The van der Waals surface area contributed by atoms with E-state index in [1.54, 1.807) is 6.92 Å². The number of nitrogens with one attached hydrogen (secondary N) is 1. The van der Waals surface area contributed by atoms with Gasteiger partial charge in [0.1, 0.15) is 23.7 Å². The van der Waals surface area contributed by atoms with E-state index in [0.29, 0.717) is 12.4 Å². The van der Waals surface area contributed by atoms with Crippen molar-refractivity contribution in [1.29, 1.82) is 0 Å². The Kier molecular flexibility index (Phi) is 6.10. The number of anilines is 1. The second-order valence-electron chi connectivity index (χ2n) is 6.39. The summed E-state index contributed by atoms with van der Waals surface area (Å²) >= 11 is 0. The monoisotopic (exact) mass is 388 g/mol. The lowest BCUT2D eigenvalue weighted by Gasteiger charge is -2.25. The van der Waals surface area contributed by atoms with Crippen LogP contribution in [0.4, 0.5) is 14.9 Å². The van der Waals surface area contributed by atoms with Crippen molar-refractivity contribution in [1.82, 2.24) is 5.32 Å². The van der Waals surface area contributed by atoms with Crippen LogP contribution in [0, 0.1) is 5.82 Å². The first-order valence-electron chi connectivity index (χ1n) is 8.84. The van der Waals surface area contributed by atoms with Crippen molar-refractivity contribution in [3.8, 4) is 5.75 Å². The van der Waals surface area contributed by atoms with Crippen LogP contribution in [0.2, 0.25) is 0 Å². The zero-order valence-electron chi connectivity index (χ0n) is 15.3. The highest BCUT2D eigenvalue weighted by Crippen LogP contribution is 2.33. The Morgan fingerprint density at radius 2 is 2.04 bits per heavy atom. The van der Waals surface area contributed by atoms with E-state index in [2.05, 4.69) is 5.32 Å². The number of rotatable bonds is 6. The Labute approximate surface area is 161 Å². The standard InChI is InChI=1S/C20H21FN2O5/c1-13-18(22-20(25)26)19(24)23(16-11-15(21)7-8-17(16)28-13)9-10-27-12-14-5-3-2-4-6-14/h2-8,11,13,18,22H,9-10,12H2,1H3,(H,25,26)/t13-,18+/m1/s1. The number of carbonyl (C=O) groups excluding carboxylic acids is 1. The van der Waals surface area contributed by atoms with Gasteiger partial charge in [0, 0.05) is 12.6 Å². The molecule has 1 aliphatic heterocycles. The number of nitrogens with zero attached hydrogens (tertiary/aromatic N) is 1. The Bertz CT molecular complexity index is 846. The van der Waals surface area contributed by atoms with E-state index in [-0.39, 0.29) is 18.8 Å². The molecular weight excluding hydrogens is 367 g/mol. The third kappa shape index (κ3) is 4.58. The van der Waals surface area contributed by atoms with Gasteiger partial charge in [0.2, 0.25) is 0 Å². The van der Waals surface area contributed by atoms with Crippen LogP contribution in [0.5, 0.6) is 5.75 Å². The second-order valence-corrected chi connectivity index (χ2v) is 6.39. The third-order valence-electron chi connectivity index (χ3n) is 4.38. The van der Waals surface area contributed by atoms with Gasteiger partial charge >= 0.3 is 6.09 Å². The number of fused-ring (bicyclic) bond motifs is 1. The summed E-state index contributed by atoms with van der Waals surface area (Å²) in [6, 6.07) is 12.3. The third-order valence-corrected chi connectivity index (χ3v) is 4.38. The van der Waals surface area contributed by atoms with Crippen LogP contribution in [0.25, 0.3) is 0 Å². The summed E-state index contributed by atoms with van der Waals surface area (Å²) < 4.78 is 25.1. The van der Waals surface area contributed by atoms with Crippen molar-refractivity contribution in [2.24, 2.45) is 0 Å². The average molecular weight is 388 g/mol. The number of amides is 2. The highest BCUT2D eigenvalue weighted by atomic mass is 19.1. The van der Waals surface area contributed by atoms with E-state index in [4.69, 9.17) is 14.6 Å². The molecule has 1 heterocycles. The fraction of sp³-hybridized carbons (Fsp3) is 0.300. The molecule has 2 atom stereocenters. The Morgan fingerprint density at radius 3 is 2.75 bits per heavy atom. The summed E-state index contributed by atoms with van der Waals surface area (Å²) in [6.07, 6.45) is -2.10. The predicted molar refractivity (Wildman–Crippen MR) is 99.9 cm³/mol. The highest BCUT2D eigenvalue weighted by molar-refractivity contribution is 6.00. The minimum atomic E-state index is -1.34. The van der Waals surface area contributed by atoms with Crippen molar-refractivity contribution in [3.63, 3.8) is 0 Å². The van der Waals surface area contributed by atoms with E-state index in [9.17, 15) is 14.0 Å². The van der Waals surface area contributed by atoms with Crippen molar-refractivity contribution in [2.75, 3.05) is 18.1 Å². The number of hydrogen-bond donors (Lipinski definition) is 2. The molecule has 0 saturated carbocycles. The number of hydrogen-bond acceptors (Lipinski definition) is 4. The Morgan fingerprint density at radius 1 is 1.29 bits per heavy atom. The molecule has 0 aromatic heterocycles. The molecule has 0 fully saturated rings. The quantitative estimate of drug-likeness (QED) is 0.743. The molecule has 2 aromatic carbocycles. The number of carbonyl (C=O) groups is 2. The van der Waals surface area contributed by atoms with Gasteiger partial charge in [-0.15, -0.1) is 0 Å². The lowest BCUT2D eigenvalue weighted by Crippen LogP contribution is -2.54. The van der Waals surface area contributed by atoms with Gasteiger partial charge in [0.05, 0.1) is 18.9 Å². The van der Waals surface area contributed by atoms with Gasteiger partial charge in [-0.2, -0.15) is 0 Å². The Balaban J connectivity index is 1.77. The minimum Gasteiger partial charge on any atom is -0.486 e. The molecule has 148 valence electrons. The molecule has 0 aliphatic carbocycles. The number of benzene rings is 2. The number of carboxylic acid groups (broad SMARTS) is 1. The van der Waals surface area contributed by atoms with Gasteiger partial charge in [-0.05, 0) is 24.6 Å². The zero-order chi connectivity index (χ0) is 20.1. The fourth-order valence-electron chi connectivity index (χ4n) is 3.02. The molecule has 2 aromatic rings. The van der Waals surface area contributed by atoms with Crippen LogP contribution in [0.1, 0.15) is 12.5 Å². The maximum Gasteiger partial charge on any atom is 0.405 e. The largest absolute Gasteiger partial charge is 0.486 e. The highest BCUT2D eigenvalue weighted by Gasteiger charge is 2.37. The first kappa shape index (κ1) is 19.6. The van der Waals surface area contributed by atoms with E-state index in [1.807, 2.05) is 30.3 Å². The average Bonchev–Trinajstić information content (AvgIpc) is 2.76. The molecule has 1 aliphatic rings. The van der Waals surface area contributed by atoms with Gasteiger partial charge in [0.25, 0.3) is 5.91 Å². The first-order valence-corrected chi connectivity index (χ1v) is 8.84. The molecule has 8 heteroatoms. The van der Waals surface area contributed by atoms with Crippen molar-refractivity contribution < 1.29 is 28.6 Å². The smallest absolute Gasteiger partial charge is 0.405 e. The Hall–Kier alpha value is -3.13. The van der Waals surface area contributed by atoms with Gasteiger partial charge in [-0.25, -0.2) is 9.18 Å². The summed E-state index contributed by atoms with van der Waals surface area (Å²) in [4.78, 5) is 25.4. The van der Waals surface area contributed by atoms with Crippen LogP contribution in [-0.4, -0.2) is 42.4 Å². The lowest BCUT2D eigenvalue weighted by molar-refractivity contribution is -0.122. The van der Waals surface area contributed by atoms with Crippen LogP contribution >= 0.6 is 0 Å². The van der Waals surface area contributed by atoms with Crippen LogP contribution < -0.4 is 15.0 Å². The molecule has 0 bridgehead atoms. The van der Waals surface area contributed by atoms with E-state index in [1.165, 1.54) is 23.1 Å². The topological polar surface area (TPSA) is 88.1 Å². The summed E-state index contributed by atoms with van der Waals surface area (Å²) in [5.74, 6) is -0.745. The van der Waals surface area contributed by atoms with Gasteiger partial charge in [-0.1, -0.05) is 30.3 Å².